The second kappa shape index (κ2) is 10.2. The molecule has 1 aromatic heterocycles. The highest BCUT2D eigenvalue weighted by Crippen LogP contribution is 2.30. The number of nitrogens with zero attached hydrogens (tertiary/aromatic N) is 2. The van der Waals surface area contributed by atoms with E-state index in [9.17, 15) is 14.3 Å². The zero-order chi connectivity index (χ0) is 21.5. The van der Waals surface area contributed by atoms with Crippen molar-refractivity contribution in [3.63, 3.8) is 0 Å². The molecule has 0 aliphatic rings. The Morgan fingerprint density at radius 1 is 1.20 bits per heavy atom. The molecule has 0 aliphatic heterocycles. The molecule has 5 nitrogen and oxygen atoms in total. The van der Waals surface area contributed by atoms with Crippen LogP contribution in [0.25, 0.3) is 11.3 Å². The Morgan fingerprint density at radius 2 is 2.00 bits per heavy atom. The third kappa shape index (κ3) is 4.94. The Morgan fingerprint density at radius 3 is 2.73 bits per heavy atom. The standard InChI is InChI=1S/C24H28FN3O2/c1-3-4-12-26-24(30)19-9-7-8-18(15-19)16-21-17(2)27-28(13-14-29)23(21)20-10-5-6-11-22(20)25/h5-11,15,29H,3-4,12-14,16H2,1-2H3,(H,26,30). The van der Waals surface area contributed by atoms with E-state index in [0.717, 1.165) is 29.7 Å². The molecule has 1 amide bonds. The number of amides is 1. The van der Waals surface area contributed by atoms with Gasteiger partial charge in [-0.1, -0.05) is 37.6 Å². The summed E-state index contributed by atoms with van der Waals surface area (Å²) < 4.78 is 16.2. The predicted octanol–water partition coefficient (Wildman–Crippen LogP) is 4.11. The molecule has 0 atom stereocenters. The lowest BCUT2D eigenvalue weighted by atomic mass is 9.97. The summed E-state index contributed by atoms with van der Waals surface area (Å²) in [6.07, 6.45) is 2.48. The first-order valence-electron chi connectivity index (χ1n) is 10.3. The van der Waals surface area contributed by atoms with Crippen LogP contribution in [0.5, 0.6) is 0 Å². The quantitative estimate of drug-likeness (QED) is 0.523. The molecule has 30 heavy (non-hydrogen) atoms. The Balaban J connectivity index is 1.95. The van der Waals surface area contributed by atoms with Gasteiger partial charge in [-0.05, 0) is 43.2 Å². The monoisotopic (exact) mass is 409 g/mol. The van der Waals surface area contributed by atoms with Gasteiger partial charge in [-0.25, -0.2) is 4.39 Å². The van der Waals surface area contributed by atoms with Crippen molar-refractivity contribution >= 4 is 5.91 Å². The molecule has 0 spiro atoms. The molecule has 0 radical (unpaired) electrons. The van der Waals surface area contributed by atoms with Gasteiger partial charge in [0.2, 0.25) is 0 Å². The molecule has 2 N–H and O–H groups in total. The smallest absolute Gasteiger partial charge is 0.251 e. The number of nitrogens with one attached hydrogen (secondary N) is 1. The minimum atomic E-state index is -0.332. The van der Waals surface area contributed by atoms with E-state index >= 15 is 0 Å². The van der Waals surface area contributed by atoms with Crippen molar-refractivity contribution < 1.29 is 14.3 Å². The van der Waals surface area contributed by atoms with Crippen LogP contribution in [-0.2, 0) is 13.0 Å². The molecule has 3 aromatic rings. The first kappa shape index (κ1) is 21.7. The molecule has 1 heterocycles. The van der Waals surface area contributed by atoms with Gasteiger partial charge in [0.1, 0.15) is 5.82 Å². The Bertz CT molecular complexity index is 1010. The van der Waals surface area contributed by atoms with Crippen LogP contribution in [-0.4, -0.2) is 33.9 Å². The topological polar surface area (TPSA) is 67.2 Å². The fourth-order valence-corrected chi connectivity index (χ4v) is 3.55. The average molecular weight is 410 g/mol. The van der Waals surface area contributed by atoms with Gasteiger partial charge in [-0.15, -0.1) is 0 Å². The number of aliphatic hydroxyl groups excluding tert-OH is 1. The van der Waals surface area contributed by atoms with Crippen molar-refractivity contribution in [2.75, 3.05) is 13.2 Å². The van der Waals surface area contributed by atoms with E-state index in [0.29, 0.717) is 29.8 Å². The lowest BCUT2D eigenvalue weighted by molar-refractivity contribution is 0.0953. The summed E-state index contributed by atoms with van der Waals surface area (Å²) in [4.78, 5) is 12.4. The Labute approximate surface area is 176 Å². The molecule has 0 saturated heterocycles. The minimum absolute atomic E-state index is 0.0879. The molecule has 3 rings (SSSR count). The summed E-state index contributed by atoms with van der Waals surface area (Å²) in [6, 6.07) is 14.1. The molecule has 2 aromatic carbocycles. The Hall–Kier alpha value is -2.99. The predicted molar refractivity (Wildman–Crippen MR) is 116 cm³/mol. The summed E-state index contributed by atoms with van der Waals surface area (Å²) in [5.41, 5.74) is 4.34. The van der Waals surface area contributed by atoms with Gasteiger partial charge < -0.3 is 10.4 Å². The maximum absolute atomic E-state index is 14.6. The second-order valence-electron chi connectivity index (χ2n) is 7.33. The molecule has 0 fully saturated rings. The maximum Gasteiger partial charge on any atom is 0.251 e. The lowest BCUT2D eigenvalue weighted by Crippen LogP contribution is -2.24. The van der Waals surface area contributed by atoms with E-state index in [4.69, 9.17) is 0 Å². The van der Waals surface area contributed by atoms with Gasteiger partial charge in [0, 0.05) is 29.7 Å². The van der Waals surface area contributed by atoms with Crippen LogP contribution in [0, 0.1) is 12.7 Å². The van der Waals surface area contributed by atoms with Gasteiger partial charge in [0.05, 0.1) is 24.5 Å². The van der Waals surface area contributed by atoms with Crippen LogP contribution in [0.2, 0.25) is 0 Å². The number of carbonyl (C=O) groups is 1. The third-order valence-electron chi connectivity index (χ3n) is 5.08. The van der Waals surface area contributed by atoms with E-state index in [1.165, 1.54) is 6.07 Å². The van der Waals surface area contributed by atoms with Crippen molar-refractivity contribution in [1.29, 1.82) is 0 Å². The number of unbranched alkanes of at least 4 members (excludes halogenated alkanes) is 1. The number of aliphatic hydroxyl groups is 1. The number of rotatable bonds is 9. The second-order valence-corrected chi connectivity index (χ2v) is 7.33. The lowest BCUT2D eigenvalue weighted by Gasteiger charge is -2.11. The molecule has 0 bridgehead atoms. The zero-order valence-corrected chi connectivity index (χ0v) is 17.5. The summed E-state index contributed by atoms with van der Waals surface area (Å²) >= 11 is 0. The average Bonchev–Trinajstić information content (AvgIpc) is 3.04. The molecule has 0 saturated carbocycles. The van der Waals surface area contributed by atoms with E-state index in [1.807, 2.05) is 25.1 Å². The number of benzene rings is 2. The SMILES string of the molecule is CCCCNC(=O)c1cccc(Cc2c(C)nn(CCO)c2-c2ccccc2F)c1. The van der Waals surface area contributed by atoms with E-state index in [-0.39, 0.29) is 24.9 Å². The zero-order valence-electron chi connectivity index (χ0n) is 17.5. The molecule has 0 aliphatic carbocycles. The van der Waals surface area contributed by atoms with Gasteiger partial charge in [-0.3, -0.25) is 9.48 Å². The Kier molecular flexibility index (Phi) is 7.36. The first-order valence-corrected chi connectivity index (χ1v) is 10.3. The highest BCUT2D eigenvalue weighted by Gasteiger charge is 2.20. The number of halogens is 1. The van der Waals surface area contributed by atoms with Crippen LogP contribution in [0.4, 0.5) is 4.39 Å². The molecule has 6 heteroatoms. The summed E-state index contributed by atoms with van der Waals surface area (Å²) in [5, 5.41) is 16.9. The van der Waals surface area contributed by atoms with Crippen molar-refractivity contribution in [2.45, 2.75) is 39.7 Å². The summed E-state index contributed by atoms with van der Waals surface area (Å²) in [7, 11) is 0. The van der Waals surface area contributed by atoms with Crippen LogP contribution < -0.4 is 5.32 Å². The van der Waals surface area contributed by atoms with Crippen LogP contribution in [0.15, 0.2) is 48.5 Å². The highest BCUT2D eigenvalue weighted by molar-refractivity contribution is 5.94. The van der Waals surface area contributed by atoms with Crippen molar-refractivity contribution in [3.8, 4) is 11.3 Å². The van der Waals surface area contributed by atoms with Gasteiger partial charge in [-0.2, -0.15) is 5.10 Å². The summed E-state index contributed by atoms with van der Waals surface area (Å²) in [5.74, 6) is -0.422. The van der Waals surface area contributed by atoms with Gasteiger partial charge in [0.15, 0.2) is 0 Å². The molecule has 158 valence electrons. The van der Waals surface area contributed by atoms with Crippen LogP contribution >= 0.6 is 0 Å². The summed E-state index contributed by atoms with van der Waals surface area (Å²) in [6.45, 7) is 4.82. The normalized spacial score (nSPS) is 10.9. The number of hydrogen-bond donors (Lipinski definition) is 2. The fourth-order valence-electron chi connectivity index (χ4n) is 3.55. The van der Waals surface area contributed by atoms with Crippen molar-refractivity contribution in [2.24, 2.45) is 0 Å². The highest BCUT2D eigenvalue weighted by atomic mass is 19.1. The molecular formula is C24H28FN3O2. The van der Waals surface area contributed by atoms with Gasteiger partial charge >= 0.3 is 0 Å². The van der Waals surface area contributed by atoms with Gasteiger partial charge in [0.25, 0.3) is 5.91 Å². The largest absolute Gasteiger partial charge is 0.394 e. The third-order valence-corrected chi connectivity index (χ3v) is 5.08. The van der Waals surface area contributed by atoms with Crippen molar-refractivity contribution in [3.05, 3.63) is 76.7 Å². The van der Waals surface area contributed by atoms with Crippen LogP contribution in [0.1, 0.15) is 46.9 Å². The van der Waals surface area contributed by atoms with E-state index in [1.54, 1.807) is 28.9 Å². The molecular weight excluding hydrogens is 381 g/mol. The van der Waals surface area contributed by atoms with Crippen LogP contribution in [0.3, 0.4) is 0 Å². The minimum Gasteiger partial charge on any atom is -0.394 e. The number of aryl methyl sites for hydroxylation is 1. The number of aromatic nitrogens is 2. The van der Waals surface area contributed by atoms with E-state index < -0.39 is 0 Å². The number of carbonyl (C=O) groups excluding carboxylic acids is 1. The number of hydrogen-bond acceptors (Lipinski definition) is 3. The van der Waals surface area contributed by atoms with Crippen molar-refractivity contribution in [1.82, 2.24) is 15.1 Å². The first-order chi connectivity index (χ1) is 14.5. The maximum atomic E-state index is 14.6. The molecule has 0 unspecified atom stereocenters. The van der Waals surface area contributed by atoms with E-state index in [2.05, 4.69) is 17.3 Å². The fraction of sp³-hybridized carbons (Fsp3) is 0.333.